The number of rotatable bonds is 8. The molecule has 0 saturated heterocycles. The number of carbonyl (C=O) groups is 2. The maximum Gasteiger partial charge on any atom is 0.223 e. The number of hydrogen-bond acceptors (Lipinski definition) is 2. The molecule has 4 nitrogen and oxygen atoms in total. The standard InChI is InChI=1S/C11H19ClN2O2/c12-6-2-1-3-10(15)13-7-8-14-11(16)9-4-5-9/h9H,1-8H2,(H,13,15)(H,14,16). The maximum absolute atomic E-state index is 11.2. The zero-order valence-corrected chi connectivity index (χ0v) is 10.2. The monoisotopic (exact) mass is 246 g/mol. The van der Waals surface area contributed by atoms with Crippen LogP contribution < -0.4 is 10.6 Å². The molecule has 0 unspecified atom stereocenters. The van der Waals surface area contributed by atoms with Crippen LogP contribution >= 0.6 is 11.6 Å². The maximum atomic E-state index is 11.2. The topological polar surface area (TPSA) is 58.2 Å². The van der Waals surface area contributed by atoms with Crippen molar-refractivity contribution in [1.82, 2.24) is 10.6 Å². The van der Waals surface area contributed by atoms with Gasteiger partial charge in [0.25, 0.3) is 0 Å². The molecule has 2 amide bonds. The van der Waals surface area contributed by atoms with Crippen LogP contribution in [0.3, 0.4) is 0 Å². The van der Waals surface area contributed by atoms with E-state index >= 15 is 0 Å². The molecule has 1 saturated carbocycles. The number of hydrogen-bond donors (Lipinski definition) is 2. The van der Waals surface area contributed by atoms with Crippen LogP contribution in [0.2, 0.25) is 0 Å². The second-order valence-electron chi connectivity index (χ2n) is 4.06. The summed E-state index contributed by atoms with van der Waals surface area (Å²) in [5.74, 6) is 0.992. The Balaban J connectivity index is 1.89. The van der Waals surface area contributed by atoms with E-state index in [1.165, 1.54) is 0 Å². The molecule has 92 valence electrons. The fourth-order valence-electron chi connectivity index (χ4n) is 1.35. The molecule has 2 N–H and O–H groups in total. The second kappa shape index (κ2) is 7.49. The number of amides is 2. The summed E-state index contributed by atoms with van der Waals surface area (Å²) in [6.45, 7) is 1.04. The van der Waals surface area contributed by atoms with E-state index in [2.05, 4.69) is 10.6 Å². The normalized spacial score (nSPS) is 14.6. The van der Waals surface area contributed by atoms with Gasteiger partial charge in [0.15, 0.2) is 0 Å². The third kappa shape index (κ3) is 5.95. The zero-order valence-electron chi connectivity index (χ0n) is 9.43. The van der Waals surface area contributed by atoms with Crippen molar-refractivity contribution in [3.63, 3.8) is 0 Å². The Morgan fingerprint density at radius 3 is 2.44 bits per heavy atom. The molecule has 0 aromatic carbocycles. The lowest BCUT2D eigenvalue weighted by Crippen LogP contribution is -2.35. The summed E-state index contributed by atoms with van der Waals surface area (Å²) < 4.78 is 0. The van der Waals surface area contributed by atoms with Crippen LogP contribution in [-0.2, 0) is 9.59 Å². The van der Waals surface area contributed by atoms with Crippen LogP contribution in [0.15, 0.2) is 0 Å². The van der Waals surface area contributed by atoms with E-state index in [1.807, 2.05) is 0 Å². The lowest BCUT2D eigenvalue weighted by atomic mass is 10.2. The number of halogens is 1. The van der Waals surface area contributed by atoms with E-state index < -0.39 is 0 Å². The van der Waals surface area contributed by atoms with Crippen molar-refractivity contribution >= 4 is 23.4 Å². The highest BCUT2D eigenvalue weighted by atomic mass is 35.5. The van der Waals surface area contributed by atoms with Gasteiger partial charge in [-0.3, -0.25) is 9.59 Å². The fourth-order valence-corrected chi connectivity index (χ4v) is 1.53. The van der Waals surface area contributed by atoms with Crippen LogP contribution in [0.5, 0.6) is 0 Å². The van der Waals surface area contributed by atoms with Crippen LogP contribution in [-0.4, -0.2) is 30.8 Å². The molecule has 1 fully saturated rings. The summed E-state index contributed by atoms with van der Waals surface area (Å²) in [4.78, 5) is 22.5. The molecular formula is C11H19ClN2O2. The molecule has 0 aromatic heterocycles. The number of alkyl halides is 1. The minimum absolute atomic E-state index is 0.0331. The van der Waals surface area contributed by atoms with E-state index in [1.54, 1.807) is 0 Å². The van der Waals surface area contributed by atoms with Gasteiger partial charge < -0.3 is 10.6 Å². The Labute approximate surface area is 101 Å². The first kappa shape index (κ1) is 13.3. The molecule has 5 heteroatoms. The Bertz CT molecular complexity index is 242. The predicted octanol–water partition coefficient (Wildman–Crippen LogP) is 1.04. The quantitative estimate of drug-likeness (QED) is 0.497. The van der Waals surface area contributed by atoms with Gasteiger partial charge in [-0.05, 0) is 25.7 Å². The van der Waals surface area contributed by atoms with Crippen LogP contribution in [0, 0.1) is 5.92 Å². The molecule has 0 aliphatic heterocycles. The number of unbranched alkanes of at least 4 members (excludes halogenated alkanes) is 1. The van der Waals surface area contributed by atoms with Gasteiger partial charge in [-0.15, -0.1) is 11.6 Å². The van der Waals surface area contributed by atoms with Gasteiger partial charge in [-0.2, -0.15) is 0 Å². The first-order chi connectivity index (χ1) is 7.74. The van der Waals surface area contributed by atoms with Crippen molar-refractivity contribution in [3.8, 4) is 0 Å². The average molecular weight is 247 g/mol. The van der Waals surface area contributed by atoms with Crippen LogP contribution in [0.25, 0.3) is 0 Å². The minimum Gasteiger partial charge on any atom is -0.354 e. The Morgan fingerprint density at radius 1 is 1.12 bits per heavy atom. The molecule has 0 heterocycles. The lowest BCUT2D eigenvalue weighted by molar-refractivity contribution is -0.123. The zero-order chi connectivity index (χ0) is 11.8. The van der Waals surface area contributed by atoms with Crippen molar-refractivity contribution < 1.29 is 9.59 Å². The largest absolute Gasteiger partial charge is 0.354 e. The lowest BCUT2D eigenvalue weighted by Gasteiger charge is -2.06. The molecule has 1 aliphatic rings. The van der Waals surface area contributed by atoms with Crippen molar-refractivity contribution in [2.45, 2.75) is 32.1 Å². The van der Waals surface area contributed by atoms with E-state index in [-0.39, 0.29) is 17.7 Å². The Morgan fingerprint density at radius 2 is 1.81 bits per heavy atom. The molecule has 0 radical (unpaired) electrons. The van der Waals surface area contributed by atoms with Crippen LogP contribution in [0.4, 0.5) is 0 Å². The highest BCUT2D eigenvalue weighted by molar-refractivity contribution is 6.17. The second-order valence-corrected chi connectivity index (χ2v) is 4.44. The van der Waals surface area contributed by atoms with Crippen molar-refractivity contribution in [2.24, 2.45) is 5.92 Å². The predicted molar refractivity (Wildman–Crippen MR) is 63.3 cm³/mol. The highest BCUT2D eigenvalue weighted by Gasteiger charge is 2.28. The minimum atomic E-state index is 0.0331. The number of nitrogens with one attached hydrogen (secondary N) is 2. The fraction of sp³-hybridized carbons (Fsp3) is 0.818. The molecule has 1 aliphatic carbocycles. The van der Waals surface area contributed by atoms with Gasteiger partial charge in [0, 0.05) is 31.3 Å². The van der Waals surface area contributed by atoms with E-state index in [0.29, 0.717) is 25.4 Å². The van der Waals surface area contributed by atoms with Gasteiger partial charge >= 0.3 is 0 Å². The summed E-state index contributed by atoms with van der Waals surface area (Å²) in [7, 11) is 0. The van der Waals surface area contributed by atoms with Gasteiger partial charge in [-0.25, -0.2) is 0 Å². The van der Waals surface area contributed by atoms with Gasteiger partial charge in [0.2, 0.25) is 11.8 Å². The first-order valence-electron chi connectivity index (χ1n) is 5.84. The third-order valence-corrected chi connectivity index (χ3v) is 2.75. The molecule has 16 heavy (non-hydrogen) atoms. The van der Waals surface area contributed by atoms with Gasteiger partial charge in [-0.1, -0.05) is 0 Å². The molecule has 0 spiro atoms. The summed E-state index contributed by atoms with van der Waals surface area (Å²) in [5, 5.41) is 5.55. The van der Waals surface area contributed by atoms with E-state index in [0.717, 1.165) is 25.7 Å². The molecule has 1 rings (SSSR count). The summed E-state index contributed by atoms with van der Waals surface area (Å²) in [6.07, 6.45) is 4.23. The number of carbonyl (C=O) groups excluding carboxylic acids is 2. The van der Waals surface area contributed by atoms with Gasteiger partial charge in [0.1, 0.15) is 0 Å². The first-order valence-corrected chi connectivity index (χ1v) is 6.38. The summed E-state index contributed by atoms with van der Waals surface area (Å²) in [5.41, 5.74) is 0. The Hall–Kier alpha value is -0.770. The smallest absolute Gasteiger partial charge is 0.223 e. The highest BCUT2D eigenvalue weighted by Crippen LogP contribution is 2.28. The van der Waals surface area contributed by atoms with Crippen LogP contribution in [0.1, 0.15) is 32.1 Å². The average Bonchev–Trinajstić information content (AvgIpc) is 3.08. The third-order valence-electron chi connectivity index (χ3n) is 2.48. The van der Waals surface area contributed by atoms with Crippen molar-refractivity contribution in [3.05, 3.63) is 0 Å². The SMILES string of the molecule is O=C(CCCCCl)NCCNC(=O)C1CC1. The van der Waals surface area contributed by atoms with E-state index in [4.69, 9.17) is 11.6 Å². The molecule has 0 aromatic rings. The van der Waals surface area contributed by atoms with Gasteiger partial charge in [0.05, 0.1) is 0 Å². The summed E-state index contributed by atoms with van der Waals surface area (Å²) >= 11 is 5.50. The van der Waals surface area contributed by atoms with E-state index in [9.17, 15) is 9.59 Å². The molecular weight excluding hydrogens is 228 g/mol. The molecule has 0 atom stereocenters. The van der Waals surface area contributed by atoms with Crippen molar-refractivity contribution in [2.75, 3.05) is 19.0 Å². The van der Waals surface area contributed by atoms with Crippen molar-refractivity contribution in [1.29, 1.82) is 0 Å². The molecule has 0 bridgehead atoms. The Kier molecular flexibility index (Phi) is 6.23. The summed E-state index contributed by atoms with van der Waals surface area (Å²) in [6, 6.07) is 0.